The van der Waals surface area contributed by atoms with Crippen LogP contribution < -0.4 is 10.6 Å². The third-order valence-corrected chi connectivity index (χ3v) is 4.21. The molecule has 1 amide bonds. The first-order valence-corrected chi connectivity index (χ1v) is 7.82. The Morgan fingerprint density at radius 1 is 1.22 bits per heavy atom. The summed E-state index contributed by atoms with van der Waals surface area (Å²) in [6, 6.07) is 10.2. The smallest absolute Gasteiger partial charge is 0.255 e. The van der Waals surface area contributed by atoms with Gasteiger partial charge in [0.25, 0.3) is 5.91 Å². The fourth-order valence-electron chi connectivity index (χ4n) is 2.82. The summed E-state index contributed by atoms with van der Waals surface area (Å²) >= 11 is 0. The maximum atomic E-state index is 12.5. The molecule has 0 aliphatic carbocycles. The Labute approximate surface area is 136 Å². The lowest BCUT2D eigenvalue weighted by atomic mass is 10.1. The van der Waals surface area contributed by atoms with Crippen molar-refractivity contribution in [2.24, 2.45) is 5.73 Å². The van der Waals surface area contributed by atoms with Crippen LogP contribution in [0, 0.1) is 0 Å². The predicted octanol–water partition coefficient (Wildman–Crippen LogP) is 1.99. The van der Waals surface area contributed by atoms with Gasteiger partial charge < -0.3 is 15.5 Å². The van der Waals surface area contributed by atoms with Gasteiger partial charge in [-0.15, -0.1) is 0 Å². The average molecular weight is 310 g/mol. The van der Waals surface area contributed by atoms with Crippen molar-refractivity contribution in [1.29, 1.82) is 0 Å². The van der Waals surface area contributed by atoms with Gasteiger partial charge in [0.2, 0.25) is 0 Å². The monoisotopic (exact) mass is 310 g/mol. The van der Waals surface area contributed by atoms with Crippen LogP contribution in [0.4, 0.5) is 5.69 Å². The lowest BCUT2D eigenvalue weighted by Crippen LogP contribution is -2.31. The number of likely N-dealkylation sites (tertiary alicyclic amines) is 1. The lowest BCUT2D eigenvalue weighted by molar-refractivity contribution is 0.0790. The summed E-state index contributed by atoms with van der Waals surface area (Å²) in [7, 11) is 4.02. The second-order valence-corrected chi connectivity index (χ2v) is 6.20. The predicted molar refractivity (Wildman–Crippen MR) is 92.5 cm³/mol. The summed E-state index contributed by atoms with van der Waals surface area (Å²) in [4.78, 5) is 20.6. The molecule has 2 aromatic rings. The number of hydrogen-bond donors (Lipinski definition) is 1. The lowest BCUT2D eigenvalue weighted by Gasteiger charge is -2.16. The zero-order valence-corrected chi connectivity index (χ0v) is 13.6. The summed E-state index contributed by atoms with van der Waals surface area (Å²) in [6.07, 6.45) is 4.28. The Kier molecular flexibility index (Phi) is 4.30. The zero-order valence-electron chi connectivity index (χ0n) is 13.6. The Balaban J connectivity index is 1.83. The van der Waals surface area contributed by atoms with Crippen molar-refractivity contribution in [2.75, 3.05) is 32.1 Å². The number of nitrogens with zero attached hydrogens (tertiary/aromatic N) is 3. The number of anilines is 1. The molecule has 0 radical (unpaired) electrons. The van der Waals surface area contributed by atoms with Gasteiger partial charge >= 0.3 is 0 Å². The number of nitrogens with two attached hydrogens (primary N) is 1. The Morgan fingerprint density at radius 3 is 2.57 bits per heavy atom. The highest BCUT2D eigenvalue weighted by Gasteiger charge is 2.24. The van der Waals surface area contributed by atoms with Gasteiger partial charge in [0.15, 0.2) is 0 Å². The zero-order chi connectivity index (χ0) is 16.4. The molecule has 5 nitrogen and oxygen atoms in total. The quantitative estimate of drug-likeness (QED) is 0.942. The van der Waals surface area contributed by atoms with Gasteiger partial charge in [-0.1, -0.05) is 12.1 Å². The average Bonchev–Trinajstić information content (AvgIpc) is 3.01. The Bertz CT molecular complexity index is 696. The molecule has 0 bridgehead atoms. The van der Waals surface area contributed by atoms with E-state index in [0.717, 1.165) is 29.8 Å². The van der Waals surface area contributed by atoms with Crippen LogP contribution in [0.1, 0.15) is 16.8 Å². The van der Waals surface area contributed by atoms with Crippen LogP contribution >= 0.6 is 0 Å². The van der Waals surface area contributed by atoms with Crippen molar-refractivity contribution in [3.05, 3.63) is 48.3 Å². The molecule has 2 N–H and O–H groups in total. The van der Waals surface area contributed by atoms with E-state index in [0.29, 0.717) is 12.1 Å². The molecule has 0 unspecified atom stereocenters. The molecule has 1 aromatic carbocycles. The van der Waals surface area contributed by atoms with Crippen LogP contribution in [0.25, 0.3) is 11.1 Å². The van der Waals surface area contributed by atoms with Gasteiger partial charge in [0, 0.05) is 56.9 Å². The molecule has 5 heteroatoms. The minimum absolute atomic E-state index is 0.0113. The highest BCUT2D eigenvalue weighted by atomic mass is 16.2. The standard InChI is InChI=1S/C18H22N4O/c1-21(2)17-5-3-13(4-6-17)14-9-15(11-20-10-14)18(23)22-8-7-16(19)12-22/h3-6,9-11,16H,7-8,12,19H2,1-2H3/t16-/m1/s1. The minimum atomic E-state index is 0.0113. The summed E-state index contributed by atoms with van der Waals surface area (Å²) in [5, 5.41) is 0. The fourth-order valence-corrected chi connectivity index (χ4v) is 2.82. The van der Waals surface area contributed by atoms with Gasteiger partial charge in [-0.3, -0.25) is 9.78 Å². The number of rotatable bonds is 3. The molecule has 120 valence electrons. The highest BCUT2D eigenvalue weighted by molar-refractivity contribution is 5.95. The fraction of sp³-hybridized carbons (Fsp3) is 0.333. The van der Waals surface area contributed by atoms with Gasteiger partial charge in [-0.2, -0.15) is 0 Å². The topological polar surface area (TPSA) is 62.5 Å². The van der Waals surface area contributed by atoms with Crippen LogP contribution in [0.2, 0.25) is 0 Å². The number of carbonyl (C=O) groups is 1. The summed E-state index contributed by atoms with van der Waals surface area (Å²) in [5.41, 5.74) is 9.65. The van der Waals surface area contributed by atoms with Gasteiger partial charge in [0.1, 0.15) is 0 Å². The Hall–Kier alpha value is -2.40. The molecule has 1 aliphatic heterocycles. The molecule has 0 saturated carbocycles. The number of aromatic nitrogens is 1. The van der Waals surface area contributed by atoms with E-state index in [9.17, 15) is 4.79 Å². The van der Waals surface area contributed by atoms with E-state index in [2.05, 4.69) is 22.0 Å². The van der Waals surface area contributed by atoms with E-state index in [1.54, 1.807) is 17.3 Å². The number of hydrogen-bond acceptors (Lipinski definition) is 4. The second kappa shape index (κ2) is 6.38. The van der Waals surface area contributed by atoms with Crippen molar-refractivity contribution in [2.45, 2.75) is 12.5 Å². The van der Waals surface area contributed by atoms with E-state index in [1.807, 2.05) is 32.3 Å². The SMILES string of the molecule is CN(C)c1ccc(-c2cncc(C(=O)N3CC[C@@H](N)C3)c2)cc1. The largest absolute Gasteiger partial charge is 0.378 e. The molecular weight excluding hydrogens is 288 g/mol. The molecule has 1 fully saturated rings. The van der Waals surface area contributed by atoms with Crippen LogP contribution in [0.3, 0.4) is 0 Å². The van der Waals surface area contributed by atoms with Gasteiger partial charge in [0.05, 0.1) is 5.56 Å². The molecule has 2 heterocycles. The molecule has 1 saturated heterocycles. The van der Waals surface area contributed by atoms with Crippen LogP contribution in [-0.2, 0) is 0 Å². The minimum Gasteiger partial charge on any atom is -0.378 e. The third-order valence-electron chi connectivity index (χ3n) is 4.21. The maximum Gasteiger partial charge on any atom is 0.255 e. The van der Waals surface area contributed by atoms with Crippen LogP contribution in [0.5, 0.6) is 0 Å². The second-order valence-electron chi connectivity index (χ2n) is 6.20. The molecule has 1 aromatic heterocycles. The first-order valence-electron chi connectivity index (χ1n) is 7.82. The van der Waals surface area contributed by atoms with Gasteiger partial charge in [-0.25, -0.2) is 0 Å². The first kappa shape index (κ1) is 15.5. The molecule has 23 heavy (non-hydrogen) atoms. The van der Waals surface area contributed by atoms with Crippen molar-refractivity contribution in [3.63, 3.8) is 0 Å². The summed E-state index contributed by atoms with van der Waals surface area (Å²) in [5.74, 6) is 0.0113. The van der Waals surface area contributed by atoms with Crippen LogP contribution in [-0.4, -0.2) is 49.0 Å². The summed E-state index contributed by atoms with van der Waals surface area (Å²) in [6.45, 7) is 1.35. The van der Waals surface area contributed by atoms with E-state index in [-0.39, 0.29) is 11.9 Å². The highest BCUT2D eigenvalue weighted by Crippen LogP contribution is 2.23. The third kappa shape index (κ3) is 3.35. The number of carbonyl (C=O) groups excluding carboxylic acids is 1. The van der Waals surface area contributed by atoms with E-state index < -0.39 is 0 Å². The molecule has 3 rings (SSSR count). The Morgan fingerprint density at radius 2 is 1.96 bits per heavy atom. The van der Waals surface area contributed by atoms with Crippen molar-refractivity contribution in [1.82, 2.24) is 9.88 Å². The summed E-state index contributed by atoms with van der Waals surface area (Å²) < 4.78 is 0. The molecule has 0 spiro atoms. The van der Waals surface area contributed by atoms with Crippen molar-refractivity contribution in [3.8, 4) is 11.1 Å². The van der Waals surface area contributed by atoms with Gasteiger partial charge in [-0.05, 0) is 30.2 Å². The van der Waals surface area contributed by atoms with Crippen molar-refractivity contribution < 1.29 is 4.79 Å². The first-order chi connectivity index (χ1) is 11.0. The number of amides is 1. The van der Waals surface area contributed by atoms with Crippen molar-refractivity contribution >= 4 is 11.6 Å². The number of benzene rings is 1. The molecule has 1 aliphatic rings. The normalized spacial score (nSPS) is 17.3. The molecular formula is C18H22N4O. The maximum absolute atomic E-state index is 12.5. The van der Waals surface area contributed by atoms with E-state index in [1.165, 1.54) is 0 Å². The molecule has 1 atom stereocenters. The van der Waals surface area contributed by atoms with E-state index >= 15 is 0 Å². The van der Waals surface area contributed by atoms with E-state index in [4.69, 9.17) is 5.73 Å². The van der Waals surface area contributed by atoms with Crippen LogP contribution in [0.15, 0.2) is 42.7 Å². The number of pyridine rings is 1.